The van der Waals surface area contributed by atoms with E-state index in [1.54, 1.807) is 13.0 Å². The number of unbranched alkanes of at least 4 members (excludes halogenated alkanes) is 1. The van der Waals surface area contributed by atoms with Gasteiger partial charge in [-0.15, -0.1) is 0 Å². The molecule has 0 aromatic heterocycles. The molecule has 1 atom stereocenters. The molecule has 2 N–H and O–H groups in total. The fourth-order valence-corrected chi connectivity index (χ4v) is 3.44. The van der Waals surface area contributed by atoms with Crippen LogP contribution in [-0.4, -0.2) is 21.0 Å². The number of halogens is 1. The van der Waals surface area contributed by atoms with Gasteiger partial charge in [0.15, 0.2) is 0 Å². The molecule has 0 aliphatic heterocycles. The second-order valence-electron chi connectivity index (χ2n) is 5.21. The zero-order valence-electron chi connectivity index (χ0n) is 12.9. The predicted octanol–water partition coefficient (Wildman–Crippen LogP) is 2.79. The molecular formula is C15H25FN2O2S. The number of sulfonamides is 1. The summed E-state index contributed by atoms with van der Waals surface area (Å²) in [5.41, 5.74) is 0.750. The van der Waals surface area contributed by atoms with Gasteiger partial charge in [-0.3, -0.25) is 0 Å². The Morgan fingerprint density at radius 2 is 2.00 bits per heavy atom. The topological polar surface area (TPSA) is 58.2 Å². The van der Waals surface area contributed by atoms with Crippen molar-refractivity contribution in [2.45, 2.75) is 57.5 Å². The summed E-state index contributed by atoms with van der Waals surface area (Å²) in [6.07, 6.45) is 2.68. The highest BCUT2D eigenvalue weighted by molar-refractivity contribution is 7.89. The van der Waals surface area contributed by atoms with Gasteiger partial charge in [-0.1, -0.05) is 32.8 Å². The molecule has 0 spiro atoms. The van der Waals surface area contributed by atoms with E-state index in [0.29, 0.717) is 6.54 Å². The second-order valence-corrected chi connectivity index (χ2v) is 6.89. The van der Waals surface area contributed by atoms with Crippen molar-refractivity contribution in [3.63, 3.8) is 0 Å². The summed E-state index contributed by atoms with van der Waals surface area (Å²) in [4.78, 5) is -0.277. The van der Waals surface area contributed by atoms with Gasteiger partial charge in [0.1, 0.15) is 10.7 Å². The van der Waals surface area contributed by atoms with E-state index in [-0.39, 0.29) is 10.9 Å². The highest BCUT2D eigenvalue weighted by atomic mass is 32.2. The molecule has 0 fully saturated rings. The first-order valence-corrected chi connectivity index (χ1v) is 8.90. The molecule has 1 rings (SSSR count). The van der Waals surface area contributed by atoms with Crippen LogP contribution in [0.4, 0.5) is 4.39 Å². The maximum absolute atomic E-state index is 13.9. The minimum absolute atomic E-state index is 0.202. The third-order valence-corrected chi connectivity index (χ3v) is 4.82. The highest BCUT2D eigenvalue weighted by Gasteiger charge is 2.21. The van der Waals surface area contributed by atoms with Crippen molar-refractivity contribution >= 4 is 10.0 Å². The monoisotopic (exact) mass is 316 g/mol. The lowest BCUT2D eigenvalue weighted by Gasteiger charge is -2.15. The van der Waals surface area contributed by atoms with Crippen molar-refractivity contribution in [1.82, 2.24) is 10.0 Å². The van der Waals surface area contributed by atoms with Crippen LogP contribution in [0.3, 0.4) is 0 Å². The van der Waals surface area contributed by atoms with Crippen LogP contribution >= 0.6 is 0 Å². The average molecular weight is 316 g/mol. The molecule has 0 aliphatic carbocycles. The van der Waals surface area contributed by atoms with Gasteiger partial charge in [-0.25, -0.2) is 17.5 Å². The van der Waals surface area contributed by atoms with Crippen LogP contribution in [0.15, 0.2) is 23.1 Å². The summed E-state index contributed by atoms with van der Waals surface area (Å²) in [7, 11) is -3.82. The van der Waals surface area contributed by atoms with Gasteiger partial charge < -0.3 is 5.32 Å². The van der Waals surface area contributed by atoms with Crippen molar-refractivity contribution in [1.29, 1.82) is 0 Å². The third-order valence-electron chi connectivity index (χ3n) is 3.21. The first kappa shape index (κ1) is 18.1. The van der Waals surface area contributed by atoms with E-state index >= 15 is 0 Å². The van der Waals surface area contributed by atoms with Crippen LogP contribution in [0.2, 0.25) is 0 Å². The van der Waals surface area contributed by atoms with Gasteiger partial charge >= 0.3 is 0 Å². The van der Waals surface area contributed by atoms with E-state index < -0.39 is 15.8 Å². The molecule has 0 aliphatic rings. The third kappa shape index (κ3) is 5.73. The van der Waals surface area contributed by atoms with Crippen LogP contribution in [0, 0.1) is 5.82 Å². The summed E-state index contributed by atoms with van der Waals surface area (Å²) >= 11 is 0. The summed E-state index contributed by atoms with van der Waals surface area (Å²) in [5, 5.41) is 3.09. The Morgan fingerprint density at radius 3 is 2.62 bits per heavy atom. The van der Waals surface area contributed by atoms with Crippen LogP contribution in [0.5, 0.6) is 0 Å². The zero-order valence-corrected chi connectivity index (χ0v) is 13.8. The Hall–Kier alpha value is -0.980. The smallest absolute Gasteiger partial charge is 0.243 e. The molecule has 0 bridgehead atoms. The molecule has 1 aromatic carbocycles. The lowest BCUT2D eigenvalue weighted by atomic mass is 10.2. The molecule has 0 saturated carbocycles. The van der Waals surface area contributed by atoms with Crippen LogP contribution in [-0.2, 0) is 16.6 Å². The Bertz CT molecular complexity index is 547. The largest absolute Gasteiger partial charge is 0.313 e. The maximum atomic E-state index is 13.9. The van der Waals surface area contributed by atoms with E-state index in [9.17, 15) is 12.8 Å². The van der Waals surface area contributed by atoms with Crippen molar-refractivity contribution in [3.8, 4) is 0 Å². The molecule has 0 saturated heterocycles. The molecule has 0 heterocycles. The van der Waals surface area contributed by atoms with E-state index in [1.807, 2.05) is 13.8 Å². The summed E-state index contributed by atoms with van der Waals surface area (Å²) in [5.74, 6) is -0.717. The standard InChI is InChI=1S/C15H25FN2O2S/c1-4-6-7-12(3)18-21(19,20)15-10-13(11-17-5-2)8-9-14(15)16/h8-10,12,17-18H,4-7,11H2,1-3H3. The summed E-state index contributed by atoms with van der Waals surface area (Å²) < 4.78 is 41.0. The molecule has 1 unspecified atom stereocenters. The second kappa shape index (κ2) is 8.46. The SMILES string of the molecule is CCCCC(C)NS(=O)(=O)c1cc(CNCC)ccc1F. The van der Waals surface area contributed by atoms with Gasteiger partial charge in [0.05, 0.1) is 0 Å². The Labute approximate surface area is 127 Å². The molecule has 120 valence electrons. The molecule has 4 nitrogen and oxygen atoms in total. The molecule has 21 heavy (non-hydrogen) atoms. The summed E-state index contributed by atoms with van der Waals surface area (Å²) in [6, 6.07) is 3.99. The molecule has 0 amide bonds. The number of rotatable bonds is 9. The van der Waals surface area contributed by atoms with Gasteiger partial charge in [-0.2, -0.15) is 0 Å². The molecular weight excluding hydrogens is 291 g/mol. The number of hydrogen-bond donors (Lipinski definition) is 2. The Morgan fingerprint density at radius 1 is 1.29 bits per heavy atom. The van der Waals surface area contributed by atoms with E-state index in [4.69, 9.17) is 0 Å². The van der Waals surface area contributed by atoms with Gasteiger partial charge in [-0.05, 0) is 37.6 Å². The van der Waals surface area contributed by atoms with Gasteiger partial charge in [0, 0.05) is 12.6 Å². The van der Waals surface area contributed by atoms with Crippen molar-refractivity contribution in [2.24, 2.45) is 0 Å². The normalized spacial score (nSPS) is 13.3. The lowest BCUT2D eigenvalue weighted by molar-refractivity contribution is 0.523. The molecule has 0 radical (unpaired) electrons. The molecule has 6 heteroatoms. The van der Waals surface area contributed by atoms with E-state index in [0.717, 1.165) is 31.4 Å². The van der Waals surface area contributed by atoms with Crippen LogP contribution < -0.4 is 10.0 Å². The number of benzene rings is 1. The highest BCUT2D eigenvalue weighted by Crippen LogP contribution is 2.17. The van der Waals surface area contributed by atoms with E-state index in [1.165, 1.54) is 12.1 Å². The fraction of sp³-hybridized carbons (Fsp3) is 0.600. The van der Waals surface area contributed by atoms with Crippen LogP contribution in [0.25, 0.3) is 0 Å². The quantitative estimate of drug-likeness (QED) is 0.736. The fourth-order valence-electron chi connectivity index (χ4n) is 2.03. The maximum Gasteiger partial charge on any atom is 0.243 e. The first-order chi connectivity index (χ1) is 9.90. The Balaban J connectivity index is 2.90. The Kier molecular flexibility index (Phi) is 7.28. The van der Waals surface area contributed by atoms with Crippen molar-refractivity contribution in [2.75, 3.05) is 6.54 Å². The molecule has 1 aromatic rings. The van der Waals surface area contributed by atoms with Crippen molar-refractivity contribution in [3.05, 3.63) is 29.6 Å². The van der Waals surface area contributed by atoms with Gasteiger partial charge in [0.2, 0.25) is 10.0 Å². The lowest BCUT2D eigenvalue weighted by Crippen LogP contribution is -2.33. The zero-order chi connectivity index (χ0) is 15.9. The van der Waals surface area contributed by atoms with Crippen molar-refractivity contribution < 1.29 is 12.8 Å². The predicted molar refractivity (Wildman–Crippen MR) is 83.1 cm³/mol. The first-order valence-electron chi connectivity index (χ1n) is 7.42. The average Bonchev–Trinajstić information content (AvgIpc) is 2.43. The number of hydrogen-bond acceptors (Lipinski definition) is 3. The minimum Gasteiger partial charge on any atom is -0.313 e. The van der Waals surface area contributed by atoms with Crippen LogP contribution in [0.1, 0.15) is 45.6 Å². The van der Waals surface area contributed by atoms with Gasteiger partial charge in [0.25, 0.3) is 0 Å². The summed E-state index contributed by atoms with van der Waals surface area (Å²) in [6.45, 7) is 7.09. The van der Waals surface area contributed by atoms with E-state index in [2.05, 4.69) is 10.0 Å². The number of nitrogens with one attached hydrogen (secondary N) is 2. The minimum atomic E-state index is -3.82.